The zero-order valence-electron chi connectivity index (χ0n) is 15.3. The fourth-order valence-electron chi connectivity index (χ4n) is 2.18. The van der Waals surface area contributed by atoms with E-state index in [9.17, 15) is 14.4 Å². The van der Waals surface area contributed by atoms with Gasteiger partial charge in [-0.2, -0.15) is 0 Å². The van der Waals surface area contributed by atoms with E-state index in [2.05, 4.69) is 0 Å². The molecular weight excluding hydrogens is 406 g/mol. The first-order chi connectivity index (χ1) is 13.9. The number of rotatable bonds is 6. The van der Waals surface area contributed by atoms with E-state index in [1.54, 1.807) is 48.5 Å². The molecule has 0 saturated heterocycles. The second-order valence-corrected chi connectivity index (χ2v) is 7.83. The van der Waals surface area contributed by atoms with Gasteiger partial charge in [-0.3, -0.25) is 14.4 Å². The zero-order chi connectivity index (χ0) is 21.2. The van der Waals surface area contributed by atoms with Crippen LogP contribution in [0.15, 0.2) is 88.7 Å². The van der Waals surface area contributed by atoms with Gasteiger partial charge in [-0.15, -0.1) is 0 Å². The van der Waals surface area contributed by atoms with Crippen LogP contribution in [0.1, 0.15) is 31.1 Å². The lowest BCUT2D eigenvalue weighted by atomic mass is 10.2. The van der Waals surface area contributed by atoms with Crippen molar-refractivity contribution in [3.63, 3.8) is 0 Å². The molecule has 3 aromatic carbocycles. The molecule has 0 fully saturated rings. The van der Waals surface area contributed by atoms with Crippen molar-refractivity contribution in [3.05, 3.63) is 95.6 Å². The summed E-state index contributed by atoms with van der Waals surface area (Å²) in [6.07, 6.45) is 0. The number of hydrogen-bond donors (Lipinski definition) is 3. The maximum atomic E-state index is 11.3. The lowest BCUT2D eigenvalue weighted by Crippen LogP contribution is -2.12. The average Bonchev–Trinajstić information content (AvgIpc) is 2.73. The Morgan fingerprint density at radius 2 is 0.897 bits per heavy atom. The van der Waals surface area contributed by atoms with Crippen LogP contribution in [-0.2, 0) is 0 Å². The molecule has 0 heterocycles. The standard InChI is InChI=1S/C14H12N2O2S2.C7H7NO/c15-13(17)9-5-1-3-7-11(9)19-20-12-8-4-2-6-10(12)14(16)18;8-7(9)6-4-2-1-3-5-6/h1-8H,(H2,15,17)(H2,16,18);1-5H,(H2,8,9). The van der Waals surface area contributed by atoms with E-state index in [0.29, 0.717) is 16.7 Å². The average molecular weight is 426 g/mol. The molecule has 148 valence electrons. The third kappa shape index (κ3) is 6.70. The van der Waals surface area contributed by atoms with E-state index in [1.807, 2.05) is 30.3 Å². The van der Waals surface area contributed by atoms with Crippen LogP contribution in [0.4, 0.5) is 0 Å². The van der Waals surface area contributed by atoms with Crippen LogP contribution in [0.2, 0.25) is 0 Å². The number of benzene rings is 3. The van der Waals surface area contributed by atoms with Crippen molar-refractivity contribution in [1.82, 2.24) is 0 Å². The predicted molar refractivity (Wildman–Crippen MR) is 117 cm³/mol. The van der Waals surface area contributed by atoms with Crippen LogP contribution >= 0.6 is 21.6 Å². The maximum absolute atomic E-state index is 11.3. The molecule has 3 rings (SSSR count). The van der Waals surface area contributed by atoms with Gasteiger partial charge in [0, 0.05) is 15.4 Å². The first-order valence-electron chi connectivity index (χ1n) is 8.37. The Balaban J connectivity index is 0.000000278. The summed E-state index contributed by atoms with van der Waals surface area (Å²) in [6.45, 7) is 0. The van der Waals surface area contributed by atoms with Gasteiger partial charge in [-0.25, -0.2) is 0 Å². The third-order valence-electron chi connectivity index (χ3n) is 3.58. The van der Waals surface area contributed by atoms with Gasteiger partial charge < -0.3 is 17.2 Å². The summed E-state index contributed by atoms with van der Waals surface area (Å²) in [5.74, 6) is -1.33. The second-order valence-electron chi connectivity index (χ2n) is 5.62. The Morgan fingerprint density at radius 1 is 0.517 bits per heavy atom. The van der Waals surface area contributed by atoms with E-state index in [1.165, 1.54) is 21.6 Å². The summed E-state index contributed by atoms with van der Waals surface area (Å²) in [5.41, 5.74) is 17.1. The predicted octanol–water partition coefficient (Wildman–Crippen LogP) is 3.47. The normalized spacial score (nSPS) is 9.79. The topological polar surface area (TPSA) is 129 Å². The molecule has 8 heteroatoms. The zero-order valence-corrected chi connectivity index (χ0v) is 16.9. The van der Waals surface area contributed by atoms with Crippen molar-refractivity contribution in [2.24, 2.45) is 17.2 Å². The minimum Gasteiger partial charge on any atom is -0.366 e. The highest BCUT2D eigenvalue weighted by Crippen LogP contribution is 2.40. The first kappa shape index (κ1) is 22.1. The van der Waals surface area contributed by atoms with Gasteiger partial charge in [-0.1, -0.05) is 64.1 Å². The summed E-state index contributed by atoms with van der Waals surface area (Å²) in [4.78, 5) is 34.6. The number of primary amides is 3. The van der Waals surface area contributed by atoms with Crippen LogP contribution in [0.25, 0.3) is 0 Å². The van der Waals surface area contributed by atoms with Crippen molar-refractivity contribution in [2.75, 3.05) is 0 Å². The Bertz CT molecular complexity index is 953. The number of carbonyl (C=O) groups is 3. The first-order valence-corrected chi connectivity index (χ1v) is 10.5. The number of carbonyl (C=O) groups excluding carboxylic acids is 3. The van der Waals surface area contributed by atoms with Gasteiger partial charge in [0.25, 0.3) is 0 Å². The molecule has 0 bridgehead atoms. The number of amides is 3. The molecule has 0 saturated carbocycles. The van der Waals surface area contributed by atoms with Crippen LogP contribution in [0.5, 0.6) is 0 Å². The van der Waals surface area contributed by atoms with Crippen LogP contribution in [-0.4, -0.2) is 17.7 Å². The largest absolute Gasteiger partial charge is 0.366 e. The summed E-state index contributed by atoms with van der Waals surface area (Å²) in [6, 6.07) is 22.9. The van der Waals surface area contributed by atoms with E-state index < -0.39 is 11.8 Å². The van der Waals surface area contributed by atoms with Crippen molar-refractivity contribution in [1.29, 1.82) is 0 Å². The van der Waals surface area contributed by atoms with Gasteiger partial charge in [0.1, 0.15) is 0 Å². The van der Waals surface area contributed by atoms with Crippen LogP contribution in [0, 0.1) is 0 Å². The molecule has 0 aromatic heterocycles. The van der Waals surface area contributed by atoms with Gasteiger partial charge in [0.2, 0.25) is 17.7 Å². The van der Waals surface area contributed by atoms with E-state index >= 15 is 0 Å². The summed E-state index contributed by atoms with van der Waals surface area (Å²) in [5, 5.41) is 0. The van der Waals surface area contributed by atoms with Crippen LogP contribution in [0.3, 0.4) is 0 Å². The molecule has 0 unspecified atom stereocenters. The highest BCUT2D eigenvalue weighted by atomic mass is 33.1. The Morgan fingerprint density at radius 3 is 1.24 bits per heavy atom. The minimum absolute atomic E-state index is 0.379. The molecule has 29 heavy (non-hydrogen) atoms. The summed E-state index contributed by atoms with van der Waals surface area (Å²) in [7, 11) is 2.74. The minimum atomic E-state index is -0.475. The smallest absolute Gasteiger partial charge is 0.249 e. The lowest BCUT2D eigenvalue weighted by Gasteiger charge is -2.07. The Hall–Kier alpha value is -3.23. The fraction of sp³-hybridized carbons (Fsp3) is 0. The van der Waals surface area contributed by atoms with Crippen molar-refractivity contribution in [3.8, 4) is 0 Å². The Labute approximate surface area is 176 Å². The second kappa shape index (κ2) is 10.9. The van der Waals surface area contributed by atoms with Crippen LogP contribution < -0.4 is 17.2 Å². The molecule has 3 aromatic rings. The highest BCUT2D eigenvalue weighted by molar-refractivity contribution is 8.76. The van der Waals surface area contributed by atoms with Gasteiger partial charge in [0.15, 0.2) is 0 Å². The molecule has 0 aliphatic carbocycles. The third-order valence-corrected chi connectivity index (χ3v) is 6.07. The fourth-order valence-corrected chi connectivity index (χ4v) is 4.55. The maximum Gasteiger partial charge on any atom is 0.249 e. The monoisotopic (exact) mass is 425 g/mol. The molecule has 0 aliphatic heterocycles. The number of nitrogens with two attached hydrogens (primary N) is 3. The molecule has 0 aliphatic rings. The molecule has 3 amide bonds. The molecule has 0 radical (unpaired) electrons. The van der Waals surface area contributed by atoms with E-state index in [4.69, 9.17) is 17.2 Å². The lowest BCUT2D eigenvalue weighted by molar-refractivity contribution is 0.0989. The molecule has 6 nitrogen and oxygen atoms in total. The van der Waals surface area contributed by atoms with Crippen molar-refractivity contribution in [2.45, 2.75) is 9.79 Å². The van der Waals surface area contributed by atoms with E-state index in [-0.39, 0.29) is 5.91 Å². The quantitative estimate of drug-likeness (QED) is 0.521. The molecule has 0 spiro atoms. The molecular formula is C21H19N3O3S2. The Kier molecular flexibility index (Phi) is 8.32. The van der Waals surface area contributed by atoms with Gasteiger partial charge in [0.05, 0.1) is 11.1 Å². The summed E-state index contributed by atoms with van der Waals surface area (Å²) < 4.78 is 0. The molecule has 6 N–H and O–H groups in total. The SMILES string of the molecule is NC(=O)c1ccccc1.NC(=O)c1ccccc1SSc1ccccc1C(N)=O. The van der Waals surface area contributed by atoms with Crippen molar-refractivity contribution >= 4 is 39.3 Å². The van der Waals surface area contributed by atoms with E-state index in [0.717, 1.165) is 9.79 Å². The molecule has 0 atom stereocenters. The summed E-state index contributed by atoms with van der Waals surface area (Å²) >= 11 is 0. The van der Waals surface area contributed by atoms with Gasteiger partial charge in [-0.05, 0) is 36.4 Å². The number of hydrogen-bond acceptors (Lipinski definition) is 5. The highest BCUT2D eigenvalue weighted by Gasteiger charge is 2.11. The van der Waals surface area contributed by atoms with Crippen molar-refractivity contribution < 1.29 is 14.4 Å². The van der Waals surface area contributed by atoms with Gasteiger partial charge >= 0.3 is 0 Å².